The number of aromatic nitrogens is 1. The molecule has 1 saturated heterocycles. The van der Waals surface area contributed by atoms with E-state index in [1.54, 1.807) is 12.1 Å². The summed E-state index contributed by atoms with van der Waals surface area (Å²) in [5, 5.41) is 6.39. The van der Waals surface area contributed by atoms with Crippen LogP contribution in [0.4, 0.5) is 10.5 Å². The van der Waals surface area contributed by atoms with E-state index in [-0.39, 0.29) is 6.54 Å². The molecule has 8 heteroatoms. The van der Waals surface area contributed by atoms with Crippen molar-refractivity contribution in [2.24, 2.45) is 0 Å². The number of fused-ring (bicyclic) bond motifs is 1. The maximum Gasteiger partial charge on any atom is 0.325 e. The van der Waals surface area contributed by atoms with Crippen molar-refractivity contribution in [1.82, 2.24) is 15.2 Å². The molecular formula is C20H17IN4O3. The number of hydrogen-bond acceptors (Lipinski definition) is 3. The van der Waals surface area contributed by atoms with Crippen LogP contribution >= 0.6 is 22.6 Å². The van der Waals surface area contributed by atoms with E-state index in [0.29, 0.717) is 12.1 Å². The van der Waals surface area contributed by atoms with Crippen LogP contribution in [0.25, 0.3) is 10.9 Å². The molecular weight excluding hydrogens is 471 g/mol. The lowest BCUT2D eigenvalue weighted by Crippen LogP contribution is -2.38. The summed E-state index contributed by atoms with van der Waals surface area (Å²) >= 11 is 2.17. The molecule has 1 aliphatic rings. The first-order valence-corrected chi connectivity index (χ1v) is 9.81. The summed E-state index contributed by atoms with van der Waals surface area (Å²) in [6.45, 7) is -0.318. The van der Waals surface area contributed by atoms with Crippen LogP contribution in [-0.2, 0) is 16.0 Å². The van der Waals surface area contributed by atoms with Crippen molar-refractivity contribution in [3.05, 3.63) is 63.9 Å². The molecule has 3 aromatic rings. The van der Waals surface area contributed by atoms with E-state index in [0.717, 1.165) is 24.9 Å². The number of carbonyl (C=O) groups excluding carboxylic acids is 3. The van der Waals surface area contributed by atoms with Crippen LogP contribution < -0.4 is 10.6 Å². The van der Waals surface area contributed by atoms with E-state index in [1.807, 2.05) is 42.6 Å². The Morgan fingerprint density at radius 3 is 2.64 bits per heavy atom. The number of urea groups is 1. The van der Waals surface area contributed by atoms with Crippen molar-refractivity contribution in [3.8, 4) is 0 Å². The summed E-state index contributed by atoms with van der Waals surface area (Å²) in [4.78, 5) is 41.3. The molecule has 4 amide bonds. The van der Waals surface area contributed by atoms with E-state index in [1.165, 1.54) is 0 Å². The molecule has 0 saturated carbocycles. The van der Waals surface area contributed by atoms with E-state index < -0.39 is 23.9 Å². The van der Waals surface area contributed by atoms with Crippen LogP contribution in [0.15, 0.2) is 54.7 Å². The molecule has 0 unspecified atom stereocenters. The Balaban J connectivity index is 1.42. The zero-order valence-corrected chi connectivity index (χ0v) is 16.9. The van der Waals surface area contributed by atoms with Gasteiger partial charge in [0, 0.05) is 32.8 Å². The second-order valence-corrected chi connectivity index (χ2v) is 7.79. The standard InChI is InChI=1S/C20H17IN4O3/c21-13-5-7-14(8-6-13)23-18(26)11-25-19(27)17(24-20(25)28)9-12-10-22-16-4-2-1-3-15(12)16/h1-8,10,17,22H,9,11H2,(H,23,26)(H,24,28)/t17-/m1/s1. The fourth-order valence-electron chi connectivity index (χ4n) is 3.26. The molecule has 1 aromatic heterocycles. The third-order valence-corrected chi connectivity index (χ3v) is 5.35. The Hall–Kier alpha value is -2.88. The molecule has 4 rings (SSSR count). The SMILES string of the molecule is O=C(CN1C(=O)N[C@H](Cc2c[nH]c3ccccc23)C1=O)Nc1ccc(I)cc1. The van der Waals surface area contributed by atoms with E-state index in [2.05, 4.69) is 38.2 Å². The number of halogens is 1. The molecule has 1 fully saturated rings. The quantitative estimate of drug-likeness (QED) is 0.381. The van der Waals surface area contributed by atoms with Gasteiger partial charge >= 0.3 is 6.03 Å². The second kappa shape index (κ2) is 7.63. The number of nitrogens with one attached hydrogen (secondary N) is 3. The molecule has 1 aliphatic heterocycles. The lowest BCUT2D eigenvalue weighted by Gasteiger charge is -2.13. The van der Waals surface area contributed by atoms with Crippen molar-refractivity contribution in [3.63, 3.8) is 0 Å². The Morgan fingerprint density at radius 2 is 1.86 bits per heavy atom. The van der Waals surface area contributed by atoms with Gasteiger partial charge < -0.3 is 15.6 Å². The molecule has 1 atom stereocenters. The van der Waals surface area contributed by atoms with Gasteiger partial charge in [-0.25, -0.2) is 4.79 Å². The summed E-state index contributed by atoms with van der Waals surface area (Å²) in [6.07, 6.45) is 2.21. The van der Waals surface area contributed by atoms with Gasteiger partial charge in [0.1, 0.15) is 12.6 Å². The first kappa shape index (κ1) is 18.5. The second-order valence-electron chi connectivity index (χ2n) is 6.55. The third-order valence-electron chi connectivity index (χ3n) is 4.64. The Morgan fingerprint density at radius 1 is 1.11 bits per heavy atom. The van der Waals surface area contributed by atoms with Crippen molar-refractivity contribution < 1.29 is 14.4 Å². The molecule has 3 N–H and O–H groups in total. The number of nitrogens with zero attached hydrogens (tertiary/aromatic N) is 1. The molecule has 28 heavy (non-hydrogen) atoms. The maximum absolute atomic E-state index is 12.7. The minimum absolute atomic E-state index is 0.318. The number of H-pyrrole nitrogens is 1. The lowest BCUT2D eigenvalue weighted by atomic mass is 10.1. The lowest BCUT2D eigenvalue weighted by molar-refractivity contribution is -0.130. The summed E-state index contributed by atoms with van der Waals surface area (Å²) in [5.41, 5.74) is 2.54. The van der Waals surface area contributed by atoms with Crippen molar-refractivity contribution in [2.45, 2.75) is 12.5 Å². The monoisotopic (exact) mass is 488 g/mol. The number of amides is 4. The number of imide groups is 1. The first-order chi connectivity index (χ1) is 13.5. The smallest absolute Gasteiger partial charge is 0.325 e. The molecule has 2 heterocycles. The molecule has 0 aliphatic carbocycles. The minimum Gasteiger partial charge on any atom is -0.361 e. The highest BCUT2D eigenvalue weighted by Crippen LogP contribution is 2.21. The van der Waals surface area contributed by atoms with Gasteiger partial charge in [0.2, 0.25) is 5.91 Å². The Labute approximate surface area is 174 Å². The predicted octanol–water partition coefficient (Wildman–Crippen LogP) is 2.87. The molecule has 0 radical (unpaired) electrons. The van der Waals surface area contributed by atoms with Crippen LogP contribution in [0.1, 0.15) is 5.56 Å². The highest BCUT2D eigenvalue weighted by molar-refractivity contribution is 14.1. The van der Waals surface area contributed by atoms with Gasteiger partial charge in [-0.2, -0.15) is 0 Å². The zero-order chi connectivity index (χ0) is 19.7. The number of anilines is 1. The normalized spacial score (nSPS) is 16.5. The largest absolute Gasteiger partial charge is 0.361 e. The van der Waals surface area contributed by atoms with Crippen LogP contribution in [0, 0.1) is 3.57 Å². The maximum atomic E-state index is 12.7. The van der Waals surface area contributed by atoms with Gasteiger partial charge in [-0.05, 0) is 58.5 Å². The number of hydrogen-bond donors (Lipinski definition) is 3. The van der Waals surface area contributed by atoms with Gasteiger partial charge in [0.05, 0.1) is 0 Å². The highest BCUT2D eigenvalue weighted by Gasteiger charge is 2.39. The number of para-hydroxylation sites is 1. The van der Waals surface area contributed by atoms with E-state index in [4.69, 9.17) is 0 Å². The number of carbonyl (C=O) groups is 3. The molecule has 0 spiro atoms. The molecule has 2 aromatic carbocycles. The summed E-state index contributed by atoms with van der Waals surface area (Å²) < 4.78 is 1.05. The van der Waals surface area contributed by atoms with Gasteiger partial charge in [0.15, 0.2) is 0 Å². The third kappa shape index (κ3) is 3.72. The summed E-state index contributed by atoms with van der Waals surface area (Å²) in [6, 6.07) is 13.8. The fourth-order valence-corrected chi connectivity index (χ4v) is 3.62. The average molecular weight is 488 g/mol. The highest BCUT2D eigenvalue weighted by atomic mass is 127. The van der Waals surface area contributed by atoms with Gasteiger partial charge in [0.25, 0.3) is 5.91 Å². The molecule has 142 valence electrons. The Bertz CT molecular complexity index is 1060. The van der Waals surface area contributed by atoms with Crippen molar-refractivity contribution in [2.75, 3.05) is 11.9 Å². The van der Waals surface area contributed by atoms with Crippen LogP contribution in [-0.4, -0.2) is 40.3 Å². The number of aromatic amines is 1. The molecule has 7 nitrogen and oxygen atoms in total. The number of rotatable bonds is 5. The minimum atomic E-state index is -0.683. The van der Waals surface area contributed by atoms with Gasteiger partial charge in [-0.1, -0.05) is 18.2 Å². The zero-order valence-electron chi connectivity index (χ0n) is 14.7. The van der Waals surface area contributed by atoms with Crippen LogP contribution in [0.2, 0.25) is 0 Å². The fraction of sp³-hybridized carbons (Fsp3) is 0.150. The number of benzene rings is 2. The topological polar surface area (TPSA) is 94.3 Å². The van der Waals surface area contributed by atoms with Crippen molar-refractivity contribution in [1.29, 1.82) is 0 Å². The average Bonchev–Trinajstić information content (AvgIpc) is 3.20. The van der Waals surface area contributed by atoms with E-state index in [9.17, 15) is 14.4 Å². The summed E-state index contributed by atoms with van der Waals surface area (Å²) in [7, 11) is 0. The first-order valence-electron chi connectivity index (χ1n) is 8.73. The van der Waals surface area contributed by atoms with E-state index >= 15 is 0 Å². The van der Waals surface area contributed by atoms with Crippen molar-refractivity contribution >= 4 is 57.0 Å². The Kier molecular flexibility index (Phi) is 5.03. The van der Waals surface area contributed by atoms with Crippen LogP contribution in [0.3, 0.4) is 0 Å². The predicted molar refractivity (Wildman–Crippen MR) is 114 cm³/mol. The van der Waals surface area contributed by atoms with Crippen LogP contribution in [0.5, 0.6) is 0 Å². The van der Waals surface area contributed by atoms with Gasteiger partial charge in [-0.3, -0.25) is 14.5 Å². The summed E-state index contributed by atoms with van der Waals surface area (Å²) in [5.74, 6) is -0.814. The molecule has 0 bridgehead atoms. The van der Waals surface area contributed by atoms with Gasteiger partial charge in [-0.15, -0.1) is 0 Å².